The molecule has 2 aromatic heterocycles. The highest BCUT2D eigenvalue weighted by Crippen LogP contribution is 2.27. The second-order valence-electron chi connectivity index (χ2n) is 5.63. The van der Waals surface area contributed by atoms with Gasteiger partial charge in [-0.15, -0.1) is 0 Å². The smallest absolute Gasteiger partial charge is 0.111 e. The fourth-order valence-electron chi connectivity index (χ4n) is 3.14. The van der Waals surface area contributed by atoms with Crippen LogP contribution in [0.25, 0.3) is 21.9 Å². The van der Waals surface area contributed by atoms with Crippen LogP contribution in [0.15, 0.2) is 42.6 Å². The van der Waals surface area contributed by atoms with Gasteiger partial charge in [-0.25, -0.2) is 4.98 Å². The number of benzene rings is 2. The van der Waals surface area contributed by atoms with E-state index in [9.17, 15) is 0 Å². The van der Waals surface area contributed by atoms with Crippen LogP contribution in [0.4, 0.5) is 0 Å². The molecule has 0 radical (unpaired) electrons. The maximum Gasteiger partial charge on any atom is 0.111 e. The minimum atomic E-state index is 0.829. The van der Waals surface area contributed by atoms with Crippen LogP contribution in [0, 0.1) is 13.8 Å². The molecule has 0 atom stereocenters. The van der Waals surface area contributed by atoms with Crippen LogP contribution in [-0.2, 0) is 6.42 Å². The number of imidazole rings is 1. The zero-order valence-electron chi connectivity index (χ0n) is 12.2. The van der Waals surface area contributed by atoms with Crippen molar-refractivity contribution < 1.29 is 0 Å². The van der Waals surface area contributed by atoms with E-state index in [1.807, 2.05) is 24.4 Å². The lowest BCUT2D eigenvalue weighted by Gasteiger charge is -2.08. The van der Waals surface area contributed by atoms with E-state index < -0.39 is 0 Å². The van der Waals surface area contributed by atoms with E-state index in [1.54, 1.807) is 0 Å². The first-order valence-corrected chi connectivity index (χ1v) is 7.22. The number of para-hydroxylation sites is 2. The van der Waals surface area contributed by atoms with Gasteiger partial charge in [0.1, 0.15) is 5.82 Å². The Hall–Kier alpha value is -2.55. The highest BCUT2D eigenvalue weighted by atomic mass is 14.9. The number of rotatable bonds is 2. The fourth-order valence-corrected chi connectivity index (χ4v) is 3.14. The number of H-pyrrole nitrogens is 2. The average Bonchev–Trinajstić information content (AvgIpc) is 3.09. The Labute approximate surface area is 123 Å². The van der Waals surface area contributed by atoms with Crippen molar-refractivity contribution in [1.82, 2.24) is 15.0 Å². The van der Waals surface area contributed by atoms with Crippen molar-refractivity contribution in [3.8, 4) is 0 Å². The van der Waals surface area contributed by atoms with E-state index in [0.29, 0.717) is 0 Å². The van der Waals surface area contributed by atoms with Crippen LogP contribution in [-0.4, -0.2) is 15.0 Å². The molecule has 4 aromatic rings. The summed E-state index contributed by atoms with van der Waals surface area (Å²) in [5.74, 6) is 1.02. The van der Waals surface area contributed by atoms with Crippen LogP contribution >= 0.6 is 0 Å². The second-order valence-corrected chi connectivity index (χ2v) is 5.63. The summed E-state index contributed by atoms with van der Waals surface area (Å²) in [5, 5.41) is 1.30. The van der Waals surface area contributed by atoms with Crippen LogP contribution in [0.5, 0.6) is 0 Å². The van der Waals surface area contributed by atoms with E-state index in [1.165, 1.54) is 27.6 Å². The SMILES string of the molecule is Cc1cc(C)c2[nH]ccc2c1Cc1nc2ccccc2[nH]1. The van der Waals surface area contributed by atoms with Crippen LogP contribution < -0.4 is 0 Å². The molecule has 21 heavy (non-hydrogen) atoms. The molecule has 2 N–H and O–H groups in total. The number of fused-ring (bicyclic) bond motifs is 2. The van der Waals surface area contributed by atoms with Gasteiger partial charge in [0.15, 0.2) is 0 Å². The van der Waals surface area contributed by atoms with Gasteiger partial charge in [0.25, 0.3) is 0 Å². The molecule has 3 heteroatoms. The van der Waals surface area contributed by atoms with E-state index in [0.717, 1.165) is 23.3 Å². The normalized spacial score (nSPS) is 11.5. The van der Waals surface area contributed by atoms with Gasteiger partial charge in [0, 0.05) is 23.5 Å². The van der Waals surface area contributed by atoms with Gasteiger partial charge >= 0.3 is 0 Å². The van der Waals surface area contributed by atoms with E-state index in [4.69, 9.17) is 4.98 Å². The summed E-state index contributed by atoms with van der Waals surface area (Å²) in [6, 6.07) is 12.6. The van der Waals surface area contributed by atoms with Crippen LogP contribution in [0.3, 0.4) is 0 Å². The Morgan fingerprint density at radius 1 is 1.05 bits per heavy atom. The molecule has 0 aliphatic carbocycles. The molecule has 0 aliphatic rings. The molecule has 0 unspecified atom stereocenters. The van der Waals surface area contributed by atoms with Gasteiger partial charge in [-0.1, -0.05) is 18.2 Å². The Kier molecular flexibility index (Phi) is 2.61. The van der Waals surface area contributed by atoms with Gasteiger partial charge in [-0.2, -0.15) is 0 Å². The lowest BCUT2D eigenvalue weighted by atomic mass is 9.98. The van der Waals surface area contributed by atoms with Crippen molar-refractivity contribution in [3.63, 3.8) is 0 Å². The topological polar surface area (TPSA) is 44.5 Å². The summed E-state index contributed by atoms with van der Waals surface area (Å²) in [6.45, 7) is 4.33. The van der Waals surface area contributed by atoms with E-state index in [2.05, 4.69) is 42.0 Å². The van der Waals surface area contributed by atoms with Gasteiger partial charge in [-0.3, -0.25) is 0 Å². The third kappa shape index (κ3) is 1.93. The maximum absolute atomic E-state index is 4.70. The summed E-state index contributed by atoms with van der Waals surface area (Å²) in [6.07, 6.45) is 2.84. The van der Waals surface area contributed by atoms with Gasteiger partial charge in [-0.05, 0) is 48.7 Å². The third-order valence-electron chi connectivity index (χ3n) is 4.16. The lowest BCUT2D eigenvalue weighted by molar-refractivity contribution is 1.03. The van der Waals surface area contributed by atoms with E-state index in [-0.39, 0.29) is 0 Å². The molecule has 0 saturated heterocycles. The molecular weight excluding hydrogens is 258 g/mol. The van der Waals surface area contributed by atoms with Crippen molar-refractivity contribution in [2.24, 2.45) is 0 Å². The Balaban J connectivity index is 1.85. The number of aryl methyl sites for hydroxylation is 2. The van der Waals surface area contributed by atoms with Gasteiger partial charge < -0.3 is 9.97 Å². The summed E-state index contributed by atoms with van der Waals surface area (Å²) < 4.78 is 0. The van der Waals surface area contributed by atoms with Crippen LogP contribution in [0.2, 0.25) is 0 Å². The molecule has 104 valence electrons. The second kappa shape index (κ2) is 4.48. The summed E-state index contributed by atoms with van der Waals surface area (Å²) in [7, 11) is 0. The van der Waals surface area contributed by atoms with Crippen LogP contribution in [0.1, 0.15) is 22.5 Å². The molecule has 0 amide bonds. The summed E-state index contributed by atoms with van der Waals surface area (Å²) in [5.41, 5.74) is 7.31. The van der Waals surface area contributed by atoms with Gasteiger partial charge in [0.2, 0.25) is 0 Å². The van der Waals surface area contributed by atoms with E-state index >= 15 is 0 Å². The number of aromatic amines is 2. The predicted octanol–water partition coefficient (Wildman–Crippen LogP) is 4.25. The molecule has 2 aromatic carbocycles. The predicted molar refractivity (Wildman–Crippen MR) is 86.7 cm³/mol. The fraction of sp³-hybridized carbons (Fsp3) is 0.167. The average molecular weight is 275 g/mol. The molecule has 0 bridgehead atoms. The number of hydrogen-bond acceptors (Lipinski definition) is 1. The molecule has 3 nitrogen and oxygen atoms in total. The highest BCUT2D eigenvalue weighted by molar-refractivity contribution is 5.87. The zero-order chi connectivity index (χ0) is 14.4. The zero-order valence-corrected chi connectivity index (χ0v) is 12.2. The Bertz CT molecular complexity index is 911. The van der Waals surface area contributed by atoms with Gasteiger partial charge in [0.05, 0.1) is 11.0 Å². The quantitative estimate of drug-likeness (QED) is 0.564. The molecule has 0 aliphatic heterocycles. The minimum Gasteiger partial charge on any atom is -0.361 e. The number of nitrogens with zero attached hydrogens (tertiary/aromatic N) is 1. The number of nitrogens with one attached hydrogen (secondary N) is 2. The largest absolute Gasteiger partial charge is 0.361 e. The summed E-state index contributed by atoms with van der Waals surface area (Å²) >= 11 is 0. The Morgan fingerprint density at radius 2 is 1.90 bits per heavy atom. The monoisotopic (exact) mass is 275 g/mol. The van der Waals surface area contributed by atoms with Crippen molar-refractivity contribution in [3.05, 3.63) is 65.1 Å². The molecule has 4 rings (SSSR count). The van der Waals surface area contributed by atoms with Crippen molar-refractivity contribution in [1.29, 1.82) is 0 Å². The Morgan fingerprint density at radius 3 is 2.76 bits per heavy atom. The number of hydrogen-bond donors (Lipinski definition) is 2. The van der Waals surface area contributed by atoms with Crippen molar-refractivity contribution >= 4 is 21.9 Å². The first-order chi connectivity index (χ1) is 10.2. The summed E-state index contributed by atoms with van der Waals surface area (Å²) in [4.78, 5) is 11.5. The first kappa shape index (κ1) is 12.2. The lowest BCUT2D eigenvalue weighted by Crippen LogP contribution is -1.96. The molecule has 0 spiro atoms. The van der Waals surface area contributed by atoms with Crippen molar-refractivity contribution in [2.75, 3.05) is 0 Å². The third-order valence-corrected chi connectivity index (χ3v) is 4.16. The maximum atomic E-state index is 4.70. The standard InChI is InChI=1S/C18H17N3/c1-11-9-12(2)18-13(7-8-19-18)14(11)10-17-20-15-5-3-4-6-16(15)21-17/h3-9,19H,10H2,1-2H3,(H,20,21). The molecule has 2 heterocycles. The van der Waals surface area contributed by atoms with Crippen molar-refractivity contribution in [2.45, 2.75) is 20.3 Å². The molecule has 0 saturated carbocycles. The highest BCUT2D eigenvalue weighted by Gasteiger charge is 2.11. The first-order valence-electron chi connectivity index (χ1n) is 7.22. The molecular formula is C18H17N3. The minimum absolute atomic E-state index is 0.829. The molecule has 0 fully saturated rings. The number of aromatic nitrogens is 3.